The second kappa shape index (κ2) is 22.5. The molecule has 366 valence electrons. The number of aliphatic hydroxyl groups excluding tert-OH is 1. The zero-order chi connectivity index (χ0) is 48.6. The van der Waals surface area contributed by atoms with Gasteiger partial charge in [0.25, 0.3) is 11.6 Å². The number of nitrogens with zero attached hydrogens (tertiary/aromatic N) is 1. The highest BCUT2D eigenvalue weighted by molar-refractivity contribution is 6.58. The molecule has 0 radical (unpaired) electrons. The number of hydrogen-bond acceptors (Lipinski definition) is 11. The smallest absolute Gasteiger partial charge is 0.480 e. The van der Waals surface area contributed by atoms with Gasteiger partial charge in [-0.2, -0.15) is 0 Å². The van der Waals surface area contributed by atoms with Crippen molar-refractivity contribution in [1.82, 2.24) is 16.0 Å². The molecule has 4 aliphatic carbocycles. The number of nitro benzene ring substituents is 1. The van der Waals surface area contributed by atoms with Gasteiger partial charge in [-0.15, -0.1) is 0 Å². The lowest BCUT2D eigenvalue weighted by atomic mass is 9.44. The summed E-state index contributed by atoms with van der Waals surface area (Å²) in [6.45, 7) is 7.61. The number of aliphatic carboxylic acids is 1. The van der Waals surface area contributed by atoms with E-state index >= 15 is 0 Å². The van der Waals surface area contributed by atoms with Crippen molar-refractivity contribution in [2.75, 3.05) is 24.2 Å². The molecule has 11 atom stereocenters. The third-order valence-corrected chi connectivity index (χ3v) is 16.5. The van der Waals surface area contributed by atoms with Crippen molar-refractivity contribution in [3.05, 3.63) is 58.1 Å². The Kier molecular flexibility index (Phi) is 17.3. The average Bonchev–Trinajstić information content (AvgIpc) is 3.66. The molecule has 4 aliphatic rings. The maximum Gasteiger partial charge on any atom is 0.488 e. The first-order chi connectivity index (χ1) is 31.8. The van der Waals surface area contributed by atoms with E-state index in [1.807, 2.05) is 0 Å². The van der Waals surface area contributed by atoms with Gasteiger partial charge < -0.3 is 46.8 Å². The van der Waals surface area contributed by atoms with E-state index in [0.29, 0.717) is 72.7 Å². The van der Waals surface area contributed by atoms with Crippen LogP contribution in [-0.4, -0.2) is 93.7 Å². The molecule has 4 fully saturated rings. The van der Waals surface area contributed by atoms with Gasteiger partial charge in [-0.3, -0.25) is 29.3 Å². The highest BCUT2D eigenvalue weighted by Gasteiger charge is 2.60. The quantitative estimate of drug-likeness (QED) is 0.0342. The van der Waals surface area contributed by atoms with E-state index in [0.717, 1.165) is 49.3 Å². The lowest BCUT2D eigenvalue weighted by molar-refractivity contribution is -0.384. The molecule has 2 aromatic carbocycles. The number of non-ortho nitro benzene ring substituents is 1. The average molecular weight is 931 g/mol. The number of benzene rings is 2. The molecule has 0 aromatic heterocycles. The molecule has 4 saturated carbocycles. The molecule has 4 amide bonds. The van der Waals surface area contributed by atoms with E-state index in [2.05, 4.69) is 47.4 Å². The van der Waals surface area contributed by atoms with Crippen molar-refractivity contribution in [3.63, 3.8) is 0 Å². The minimum atomic E-state index is -2.01. The molecule has 0 spiro atoms. The summed E-state index contributed by atoms with van der Waals surface area (Å²) in [6, 6.07) is 7.59. The van der Waals surface area contributed by atoms with E-state index in [1.165, 1.54) is 50.7 Å². The van der Waals surface area contributed by atoms with Crippen LogP contribution in [0.5, 0.6) is 0 Å². The van der Waals surface area contributed by atoms with Crippen LogP contribution in [0.4, 0.5) is 17.1 Å². The highest BCUT2D eigenvalue weighted by atomic mass is 16.6. The molecule has 17 nitrogen and oxygen atoms in total. The van der Waals surface area contributed by atoms with Gasteiger partial charge in [0.1, 0.15) is 6.04 Å². The van der Waals surface area contributed by atoms with Gasteiger partial charge in [0, 0.05) is 48.5 Å². The molecule has 0 aliphatic heterocycles. The summed E-state index contributed by atoms with van der Waals surface area (Å²) in [5.74, 6) is 0.852. The minimum Gasteiger partial charge on any atom is -0.480 e. The monoisotopic (exact) mass is 931 g/mol. The molecule has 0 saturated heterocycles. The van der Waals surface area contributed by atoms with Gasteiger partial charge in [0.15, 0.2) is 0 Å². The zero-order valence-corrected chi connectivity index (χ0v) is 39.4. The van der Waals surface area contributed by atoms with Gasteiger partial charge >= 0.3 is 13.1 Å². The number of carboxylic acids is 1. The Morgan fingerprint density at radius 2 is 1.49 bits per heavy atom. The van der Waals surface area contributed by atoms with Crippen LogP contribution in [0.3, 0.4) is 0 Å². The van der Waals surface area contributed by atoms with Crippen LogP contribution in [-0.2, 0) is 19.2 Å². The van der Waals surface area contributed by atoms with E-state index < -0.39 is 41.7 Å². The summed E-state index contributed by atoms with van der Waals surface area (Å²) in [4.78, 5) is 74.2. The van der Waals surface area contributed by atoms with Gasteiger partial charge in [-0.05, 0) is 179 Å². The van der Waals surface area contributed by atoms with Gasteiger partial charge in [0.2, 0.25) is 17.7 Å². The van der Waals surface area contributed by atoms with Crippen LogP contribution in [0.15, 0.2) is 42.5 Å². The number of fused-ring (bicyclic) bond motifs is 5. The normalized spacial score (nSPS) is 27.7. The number of carbonyl (C=O) groups excluding carboxylic acids is 4. The van der Waals surface area contributed by atoms with Crippen molar-refractivity contribution < 1.29 is 49.2 Å². The van der Waals surface area contributed by atoms with Crippen molar-refractivity contribution in [3.8, 4) is 0 Å². The Hall–Kier alpha value is -4.91. The number of likely N-dealkylation sites (N-methyl/N-ethyl adjacent to an activating group) is 1. The lowest BCUT2D eigenvalue weighted by Gasteiger charge is -2.61. The number of unbranched alkanes of at least 4 members (excludes halogenated alkanes) is 1. The van der Waals surface area contributed by atoms with Crippen molar-refractivity contribution in [2.45, 2.75) is 142 Å². The Morgan fingerprint density at radius 3 is 2.16 bits per heavy atom. The zero-order valence-electron chi connectivity index (χ0n) is 39.4. The molecule has 2 aromatic rings. The van der Waals surface area contributed by atoms with Gasteiger partial charge in [-0.25, -0.2) is 4.79 Å². The standard InChI is InChI=1S/C49H71BN6O11/c1-29(38-15-16-39-37-14-9-31-27-36(57)20-22-48(31,2)40(37)21-23-49(38,39)3)8-18-44(59)55-42(47(62)63)17-19-43(58)52-24-6-5-7-41(51-4)46(61)54-34-12-10-33(11-13-34)53-45(60)30-25-32(50(64)65)28-35(26-30)56(66)67/h10-13,25-26,28-29,31,36-42,51,57,64-65H,5-9,14-24,27H2,1-4H3,(H,52,58)(H,53,60)(H,54,61)(H,55,59)(H,62,63)/t29?,31?,36?,37?,38?,39?,40?,41?,42?,48-,49+/m1/s1. The topological polar surface area (TPSA) is 270 Å². The third kappa shape index (κ3) is 12.4. The number of hydrogen-bond donors (Lipinski definition) is 9. The second-order valence-electron chi connectivity index (χ2n) is 20.5. The molecule has 0 bridgehead atoms. The highest BCUT2D eigenvalue weighted by Crippen LogP contribution is 2.68. The molecule has 67 heavy (non-hydrogen) atoms. The van der Waals surface area contributed by atoms with Crippen LogP contribution < -0.4 is 32.0 Å². The minimum absolute atomic E-state index is 0.0320. The number of rotatable bonds is 21. The van der Waals surface area contributed by atoms with E-state index in [-0.39, 0.29) is 59.5 Å². The van der Waals surface area contributed by atoms with Gasteiger partial charge in [-0.1, -0.05) is 20.8 Å². The first-order valence-corrected chi connectivity index (χ1v) is 24.3. The van der Waals surface area contributed by atoms with Crippen LogP contribution in [0.25, 0.3) is 0 Å². The van der Waals surface area contributed by atoms with E-state index in [9.17, 15) is 54.3 Å². The van der Waals surface area contributed by atoms with Crippen molar-refractivity contribution in [2.24, 2.45) is 46.3 Å². The fraction of sp³-hybridized carbons (Fsp3) is 0.653. The summed E-state index contributed by atoms with van der Waals surface area (Å²) in [5.41, 5.74) is 0.532. The van der Waals surface area contributed by atoms with E-state index in [1.54, 1.807) is 19.2 Å². The Balaban J connectivity index is 0.863. The molecule has 9 N–H and O–H groups in total. The number of aliphatic hydroxyl groups is 1. The fourth-order valence-electron chi connectivity index (χ4n) is 12.9. The fourth-order valence-corrected chi connectivity index (χ4v) is 12.9. The van der Waals surface area contributed by atoms with Gasteiger partial charge in [0.05, 0.1) is 17.1 Å². The molecular formula is C49H71BN6O11. The predicted octanol–water partition coefficient (Wildman–Crippen LogP) is 5.13. The molecule has 0 heterocycles. The number of carboxylic acid groups (broad SMARTS) is 1. The predicted molar refractivity (Wildman–Crippen MR) is 254 cm³/mol. The largest absolute Gasteiger partial charge is 0.488 e. The summed E-state index contributed by atoms with van der Waals surface area (Å²) in [7, 11) is -0.351. The van der Waals surface area contributed by atoms with Crippen LogP contribution in [0.2, 0.25) is 0 Å². The van der Waals surface area contributed by atoms with Crippen LogP contribution in [0.1, 0.15) is 134 Å². The summed E-state index contributed by atoms with van der Waals surface area (Å²) in [5, 5.41) is 64.3. The first kappa shape index (κ1) is 51.5. The maximum absolute atomic E-state index is 13.1. The number of nitro groups is 1. The Bertz CT molecular complexity index is 2110. The summed E-state index contributed by atoms with van der Waals surface area (Å²) in [6.07, 6.45) is 12.7. The number of nitrogens with one attached hydrogen (secondary N) is 5. The van der Waals surface area contributed by atoms with Crippen LogP contribution >= 0.6 is 0 Å². The van der Waals surface area contributed by atoms with Crippen molar-refractivity contribution in [1.29, 1.82) is 0 Å². The number of amides is 4. The Morgan fingerprint density at radius 1 is 0.821 bits per heavy atom. The SMILES string of the molecule is CNC(CCCCNC(=O)CCC(NC(=O)CCC(C)C1CCC2C3CCC4CC(O)CC[C@@]4(C)C3CC[C@@]12C)C(=O)O)C(=O)Nc1ccc(NC(=O)c2cc(B(O)O)cc([N+](=O)[O-])c2)cc1. The summed E-state index contributed by atoms with van der Waals surface area (Å²) >= 11 is 0. The molecular weight excluding hydrogens is 859 g/mol. The Labute approximate surface area is 393 Å². The summed E-state index contributed by atoms with van der Waals surface area (Å²) < 4.78 is 0. The maximum atomic E-state index is 13.1. The van der Waals surface area contributed by atoms with E-state index in [4.69, 9.17) is 0 Å². The second-order valence-corrected chi connectivity index (χ2v) is 20.5. The first-order valence-electron chi connectivity index (χ1n) is 24.3. The number of carbonyl (C=O) groups is 5. The lowest BCUT2D eigenvalue weighted by Crippen LogP contribution is -2.54. The van der Waals surface area contributed by atoms with Crippen molar-refractivity contribution >= 4 is 59.2 Å². The number of anilines is 2. The van der Waals surface area contributed by atoms with Crippen LogP contribution in [0, 0.1) is 56.5 Å². The molecule has 18 heteroatoms. The third-order valence-electron chi connectivity index (χ3n) is 16.5. The molecule has 6 rings (SSSR count). The molecule has 9 unspecified atom stereocenters.